The number of nitrogens with zero attached hydrogens (tertiary/aromatic N) is 4. The Kier molecular flexibility index (Phi) is 10.1. The molecule has 10 nitrogen and oxygen atoms in total. The molecule has 3 atom stereocenters. The maximum atomic E-state index is 14.5. The molecule has 2 aliphatic heterocycles. The topological polar surface area (TPSA) is 119 Å². The van der Waals surface area contributed by atoms with Crippen LogP contribution in [0.4, 0.5) is 4.79 Å². The summed E-state index contributed by atoms with van der Waals surface area (Å²) in [6.07, 6.45) is -2.65. The van der Waals surface area contributed by atoms with Gasteiger partial charge in [-0.15, -0.1) is 0 Å². The van der Waals surface area contributed by atoms with E-state index in [0.717, 1.165) is 9.21 Å². The van der Waals surface area contributed by atoms with Crippen molar-refractivity contribution in [1.82, 2.24) is 19.0 Å². The van der Waals surface area contributed by atoms with E-state index in [-0.39, 0.29) is 45.5 Å². The van der Waals surface area contributed by atoms with E-state index < -0.39 is 52.7 Å². The molecule has 2 heterocycles. The molecule has 0 bridgehead atoms. The van der Waals surface area contributed by atoms with Gasteiger partial charge in [0.1, 0.15) is 23.1 Å². The quantitative estimate of drug-likeness (QED) is 0.310. The molecule has 5 rings (SSSR count). The Morgan fingerprint density at radius 2 is 1.59 bits per heavy atom. The molecular formula is C31H30Cl4N4O6S. The maximum absolute atomic E-state index is 14.5. The van der Waals surface area contributed by atoms with E-state index >= 15 is 0 Å². The molecular weight excluding hydrogens is 698 g/mol. The maximum Gasteiger partial charge on any atom is 0.408 e. The van der Waals surface area contributed by atoms with E-state index in [1.165, 1.54) is 28.0 Å². The molecule has 0 aliphatic carbocycles. The number of hydrogen-bond acceptors (Lipinski definition) is 5. The molecule has 0 aromatic heterocycles. The van der Waals surface area contributed by atoms with Gasteiger partial charge in [-0.1, -0.05) is 82.8 Å². The van der Waals surface area contributed by atoms with E-state index in [2.05, 4.69) is 0 Å². The zero-order valence-electron chi connectivity index (χ0n) is 24.7. The highest BCUT2D eigenvalue weighted by Crippen LogP contribution is 2.36. The number of rotatable bonds is 8. The molecule has 0 spiro atoms. The van der Waals surface area contributed by atoms with Gasteiger partial charge in [-0.05, 0) is 55.3 Å². The zero-order valence-corrected chi connectivity index (χ0v) is 28.5. The highest BCUT2D eigenvalue weighted by molar-refractivity contribution is 7.89. The third-order valence-electron chi connectivity index (χ3n) is 8.14. The lowest BCUT2D eigenvalue weighted by molar-refractivity contribution is -0.171. The Morgan fingerprint density at radius 3 is 2.20 bits per heavy atom. The molecule has 1 N–H and O–H groups in total. The van der Waals surface area contributed by atoms with Crippen LogP contribution in [0, 0.1) is 0 Å². The van der Waals surface area contributed by atoms with Crippen LogP contribution in [-0.4, -0.2) is 87.8 Å². The standard InChI is InChI=1S/C31H30Cl4N4O6S/c1-18(2)36-17-28-38(46(44,45)27-11-9-21(32)14-24(27)35)16-26(37(31(42)43)15-19-6-4-3-5-7-19)30(41)39(28)25(29(36)40)13-20-8-10-22(33)23(34)12-20/h3-12,14,18,25-26,28H,13,15-17H2,1-2H3,(H,42,43). The van der Waals surface area contributed by atoms with Gasteiger partial charge in [-0.3, -0.25) is 14.5 Å². The van der Waals surface area contributed by atoms with Gasteiger partial charge in [-0.25, -0.2) is 13.2 Å². The molecule has 3 unspecified atom stereocenters. The van der Waals surface area contributed by atoms with Crippen LogP contribution in [0.3, 0.4) is 0 Å². The summed E-state index contributed by atoms with van der Waals surface area (Å²) in [6.45, 7) is 2.71. The van der Waals surface area contributed by atoms with Crippen molar-refractivity contribution in [2.75, 3.05) is 13.1 Å². The first-order valence-corrected chi connectivity index (χ1v) is 17.2. The summed E-state index contributed by atoms with van der Waals surface area (Å²) in [5, 5.41) is 11.0. The van der Waals surface area contributed by atoms with Crippen LogP contribution in [0.25, 0.3) is 0 Å². The normalized spacial score (nSPS) is 20.6. The molecule has 244 valence electrons. The molecule has 2 saturated heterocycles. The molecule has 15 heteroatoms. The number of halogens is 4. The molecule has 46 heavy (non-hydrogen) atoms. The van der Waals surface area contributed by atoms with Crippen molar-refractivity contribution >= 4 is 74.3 Å². The summed E-state index contributed by atoms with van der Waals surface area (Å²) in [6, 6.07) is 14.3. The van der Waals surface area contributed by atoms with Crippen molar-refractivity contribution in [3.63, 3.8) is 0 Å². The SMILES string of the molecule is CC(C)N1CC2N(C(=O)C(N(Cc3ccccc3)C(=O)O)CN2S(=O)(=O)c2ccc(Cl)cc2Cl)C(Cc2ccc(Cl)c(Cl)c2)C1=O. The fraction of sp³-hybridized carbons (Fsp3) is 0.323. The molecule has 0 saturated carbocycles. The highest BCUT2D eigenvalue weighted by Gasteiger charge is 2.55. The Bertz CT molecular complexity index is 1780. The lowest BCUT2D eigenvalue weighted by atomic mass is 9.96. The number of fused-ring (bicyclic) bond motifs is 1. The Hall–Kier alpha value is -3.06. The lowest BCUT2D eigenvalue weighted by Crippen LogP contribution is -2.76. The van der Waals surface area contributed by atoms with Crippen molar-refractivity contribution in [2.45, 2.75) is 56.0 Å². The fourth-order valence-corrected chi connectivity index (χ4v) is 8.52. The van der Waals surface area contributed by atoms with E-state index in [9.17, 15) is 27.9 Å². The second kappa shape index (κ2) is 13.6. The van der Waals surface area contributed by atoms with Crippen molar-refractivity contribution in [1.29, 1.82) is 0 Å². The summed E-state index contributed by atoms with van der Waals surface area (Å²) in [7, 11) is -4.49. The molecule has 3 amide bonds. The Balaban J connectivity index is 1.67. The Morgan fingerprint density at radius 1 is 0.891 bits per heavy atom. The van der Waals surface area contributed by atoms with Crippen molar-refractivity contribution in [3.8, 4) is 0 Å². The first-order chi connectivity index (χ1) is 21.7. The van der Waals surface area contributed by atoms with Crippen LogP contribution in [0.2, 0.25) is 20.1 Å². The van der Waals surface area contributed by atoms with Crippen LogP contribution in [0.5, 0.6) is 0 Å². The van der Waals surface area contributed by atoms with Crippen molar-refractivity contribution in [3.05, 3.63) is 97.9 Å². The first kappa shape index (κ1) is 34.3. The average molecular weight is 728 g/mol. The van der Waals surface area contributed by atoms with Crippen LogP contribution in [0.15, 0.2) is 71.6 Å². The third-order valence-corrected chi connectivity index (χ3v) is 11.5. The fourth-order valence-electron chi connectivity index (χ4n) is 5.88. The summed E-state index contributed by atoms with van der Waals surface area (Å²) < 4.78 is 30.0. The average Bonchev–Trinajstić information content (AvgIpc) is 2.99. The van der Waals surface area contributed by atoms with Gasteiger partial charge in [0.25, 0.3) is 0 Å². The monoisotopic (exact) mass is 726 g/mol. The number of piperazine rings is 1. The van der Waals surface area contributed by atoms with Crippen LogP contribution >= 0.6 is 46.4 Å². The van der Waals surface area contributed by atoms with Gasteiger partial charge in [0.15, 0.2) is 0 Å². The predicted molar refractivity (Wildman–Crippen MR) is 176 cm³/mol. The summed E-state index contributed by atoms with van der Waals surface area (Å²) in [5.41, 5.74) is 1.16. The zero-order chi connectivity index (χ0) is 33.5. The minimum atomic E-state index is -4.49. The number of carbonyl (C=O) groups is 3. The van der Waals surface area contributed by atoms with Gasteiger partial charge in [-0.2, -0.15) is 4.31 Å². The van der Waals surface area contributed by atoms with E-state index in [0.29, 0.717) is 16.1 Å². The molecule has 3 aromatic carbocycles. The van der Waals surface area contributed by atoms with Gasteiger partial charge >= 0.3 is 6.09 Å². The van der Waals surface area contributed by atoms with Gasteiger partial charge in [0, 0.05) is 30.6 Å². The van der Waals surface area contributed by atoms with Crippen LogP contribution in [0.1, 0.15) is 25.0 Å². The lowest BCUT2D eigenvalue weighted by Gasteiger charge is -2.55. The Labute approximate surface area is 287 Å². The largest absolute Gasteiger partial charge is 0.465 e. The number of sulfonamides is 1. The van der Waals surface area contributed by atoms with Crippen molar-refractivity contribution < 1.29 is 27.9 Å². The molecule has 2 fully saturated rings. The third kappa shape index (κ3) is 6.67. The van der Waals surface area contributed by atoms with E-state index in [1.54, 1.807) is 62.4 Å². The first-order valence-electron chi connectivity index (χ1n) is 14.3. The summed E-state index contributed by atoms with van der Waals surface area (Å²) in [5.74, 6) is -1.11. The van der Waals surface area contributed by atoms with E-state index in [4.69, 9.17) is 46.4 Å². The van der Waals surface area contributed by atoms with E-state index in [1.807, 2.05) is 0 Å². The molecule has 0 radical (unpaired) electrons. The number of carboxylic acid groups (broad SMARTS) is 1. The number of benzene rings is 3. The number of hydrogen-bond donors (Lipinski definition) is 1. The smallest absolute Gasteiger partial charge is 0.408 e. The number of carbonyl (C=O) groups excluding carboxylic acids is 2. The van der Waals surface area contributed by atoms with Crippen molar-refractivity contribution in [2.24, 2.45) is 0 Å². The van der Waals surface area contributed by atoms with Gasteiger partial charge in [0.05, 0.1) is 21.6 Å². The summed E-state index contributed by atoms with van der Waals surface area (Å²) in [4.78, 5) is 44.7. The number of amides is 3. The van der Waals surface area contributed by atoms with Gasteiger partial charge < -0.3 is 14.9 Å². The van der Waals surface area contributed by atoms with Crippen LogP contribution < -0.4 is 0 Å². The predicted octanol–water partition coefficient (Wildman–Crippen LogP) is 5.87. The second-order valence-electron chi connectivity index (χ2n) is 11.3. The second-order valence-corrected chi connectivity index (χ2v) is 14.9. The summed E-state index contributed by atoms with van der Waals surface area (Å²) >= 11 is 24.9. The van der Waals surface area contributed by atoms with Crippen LogP contribution in [-0.2, 0) is 32.6 Å². The minimum absolute atomic E-state index is 0.0325. The molecule has 2 aliphatic rings. The minimum Gasteiger partial charge on any atom is -0.465 e. The van der Waals surface area contributed by atoms with Gasteiger partial charge in [0.2, 0.25) is 21.8 Å². The molecule has 3 aromatic rings. The highest BCUT2D eigenvalue weighted by atomic mass is 35.5.